The molecule has 1 heterocycles. The SMILES string of the molecule is CC(=O)N1CCCC(NC=O)C1. The van der Waals surface area contributed by atoms with Crippen molar-refractivity contribution in [1.29, 1.82) is 0 Å². The van der Waals surface area contributed by atoms with Crippen LogP contribution in [0.3, 0.4) is 0 Å². The Hall–Kier alpha value is -1.06. The molecule has 0 spiro atoms. The topological polar surface area (TPSA) is 49.4 Å². The number of nitrogens with zero attached hydrogens (tertiary/aromatic N) is 1. The summed E-state index contributed by atoms with van der Waals surface area (Å²) in [7, 11) is 0. The van der Waals surface area contributed by atoms with Gasteiger partial charge in [-0.05, 0) is 12.8 Å². The van der Waals surface area contributed by atoms with Gasteiger partial charge >= 0.3 is 0 Å². The van der Waals surface area contributed by atoms with Crippen molar-refractivity contribution in [2.45, 2.75) is 25.8 Å². The summed E-state index contributed by atoms with van der Waals surface area (Å²) in [6.45, 7) is 3.05. The van der Waals surface area contributed by atoms with Gasteiger partial charge in [0.15, 0.2) is 0 Å². The highest BCUT2D eigenvalue weighted by molar-refractivity contribution is 5.73. The third kappa shape index (κ3) is 2.22. The standard InChI is InChI=1S/C8H14N2O2/c1-7(12)10-4-2-3-8(5-10)9-6-11/h6,8H,2-5H2,1H3,(H,9,11). The van der Waals surface area contributed by atoms with E-state index in [1.54, 1.807) is 11.8 Å². The molecule has 1 fully saturated rings. The van der Waals surface area contributed by atoms with Gasteiger partial charge in [0.25, 0.3) is 0 Å². The van der Waals surface area contributed by atoms with Gasteiger partial charge < -0.3 is 10.2 Å². The summed E-state index contributed by atoms with van der Waals surface area (Å²) in [5, 5.41) is 2.69. The van der Waals surface area contributed by atoms with Crippen molar-refractivity contribution < 1.29 is 9.59 Å². The minimum absolute atomic E-state index is 0.0902. The van der Waals surface area contributed by atoms with E-state index in [2.05, 4.69) is 5.32 Å². The molecule has 1 atom stereocenters. The Morgan fingerprint density at radius 1 is 1.67 bits per heavy atom. The normalized spacial score (nSPS) is 23.4. The third-order valence-electron chi connectivity index (χ3n) is 2.17. The smallest absolute Gasteiger partial charge is 0.219 e. The number of likely N-dealkylation sites (tertiary alicyclic amines) is 1. The van der Waals surface area contributed by atoms with E-state index >= 15 is 0 Å². The third-order valence-corrected chi connectivity index (χ3v) is 2.17. The maximum atomic E-state index is 11.0. The number of hydrogen-bond acceptors (Lipinski definition) is 2. The molecule has 0 bridgehead atoms. The summed E-state index contributed by atoms with van der Waals surface area (Å²) in [4.78, 5) is 22.9. The van der Waals surface area contributed by atoms with Crippen LogP contribution in [-0.2, 0) is 9.59 Å². The maximum Gasteiger partial charge on any atom is 0.219 e. The Morgan fingerprint density at radius 2 is 2.42 bits per heavy atom. The molecule has 1 saturated heterocycles. The summed E-state index contributed by atoms with van der Waals surface area (Å²) >= 11 is 0. The number of amides is 2. The van der Waals surface area contributed by atoms with E-state index in [1.165, 1.54) is 0 Å². The molecule has 4 heteroatoms. The first-order valence-electron chi connectivity index (χ1n) is 4.19. The van der Waals surface area contributed by atoms with Crippen LogP contribution < -0.4 is 5.32 Å². The van der Waals surface area contributed by atoms with Crippen molar-refractivity contribution >= 4 is 12.3 Å². The van der Waals surface area contributed by atoms with Crippen molar-refractivity contribution in [3.8, 4) is 0 Å². The average Bonchev–Trinajstić information content (AvgIpc) is 2.05. The van der Waals surface area contributed by atoms with Crippen LogP contribution in [0.4, 0.5) is 0 Å². The summed E-state index contributed by atoms with van der Waals surface area (Å²) in [6, 6.07) is 0.153. The molecule has 4 nitrogen and oxygen atoms in total. The van der Waals surface area contributed by atoms with Gasteiger partial charge in [-0.1, -0.05) is 0 Å². The van der Waals surface area contributed by atoms with Crippen LogP contribution in [0.1, 0.15) is 19.8 Å². The second-order valence-electron chi connectivity index (χ2n) is 3.09. The minimum atomic E-state index is 0.0902. The fourth-order valence-electron chi connectivity index (χ4n) is 1.50. The molecule has 1 N–H and O–H groups in total. The molecule has 0 aromatic carbocycles. The van der Waals surface area contributed by atoms with Crippen molar-refractivity contribution in [3.63, 3.8) is 0 Å². The van der Waals surface area contributed by atoms with E-state index in [1.807, 2.05) is 0 Å². The van der Waals surface area contributed by atoms with Gasteiger partial charge in [0.05, 0.1) is 0 Å². The van der Waals surface area contributed by atoms with E-state index in [4.69, 9.17) is 0 Å². The van der Waals surface area contributed by atoms with Gasteiger partial charge in [0.2, 0.25) is 12.3 Å². The molecule has 0 saturated carbocycles. The zero-order chi connectivity index (χ0) is 8.97. The number of nitrogens with one attached hydrogen (secondary N) is 1. The lowest BCUT2D eigenvalue weighted by Crippen LogP contribution is -2.46. The number of carbonyl (C=O) groups excluding carboxylic acids is 2. The minimum Gasteiger partial charge on any atom is -0.354 e. The number of hydrogen-bond donors (Lipinski definition) is 1. The van der Waals surface area contributed by atoms with Crippen LogP contribution in [0.25, 0.3) is 0 Å². The molecule has 68 valence electrons. The van der Waals surface area contributed by atoms with Crippen molar-refractivity contribution in [2.75, 3.05) is 13.1 Å². The predicted molar refractivity (Wildman–Crippen MR) is 44.5 cm³/mol. The molecule has 1 aliphatic rings. The Morgan fingerprint density at radius 3 is 3.00 bits per heavy atom. The molecular weight excluding hydrogens is 156 g/mol. The highest BCUT2D eigenvalue weighted by Gasteiger charge is 2.20. The number of carbonyl (C=O) groups is 2. The molecule has 1 rings (SSSR count). The summed E-state index contributed by atoms with van der Waals surface area (Å²) < 4.78 is 0. The van der Waals surface area contributed by atoms with E-state index < -0.39 is 0 Å². The largest absolute Gasteiger partial charge is 0.354 e. The van der Waals surface area contributed by atoms with Crippen LogP contribution in [0.2, 0.25) is 0 Å². The maximum absolute atomic E-state index is 11.0. The predicted octanol–water partition coefficient (Wildman–Crippen LogP) is -0.257. The number of piperidine rings is 1. The molecule has 2 amide bonds. The van der Waals surface area contributed by atoms with Crippen LogP contribution >= 0.6 is 0 Å². The van der Waals surface area contributed by atoms with Crippen LogP contribution in [0.5, 0.6) is 0 Å². The fraction of sp³-hybridized carbons (Fsp3) is 0.750. The number of rotatable bonds is 2. The van der Waals surface area contributed by atoms with E-state index in [0.29, 0.717) is 13.0 Å². The first kappa shape index (κ1) is 9.03. The Labute approximate surface area is 71.9 Å². The lowest BCUT2D eigenvalue weighted by molar-refractivity contribution is -0.130. The molecular formula is C8H14N2O2. The molecule has 0 aromatic rings. The van der Waals surface area contributed by atoms with Crippen molar-refractivity contribution in [3.05, 3.63) is 0 Å². The summed E-state index contributed by atoms with van der Waals surface area (Å²) in [6.07, 6.45) is 2.65. The summed E-state index contributed by atoms with van der Waals surface area (Å²) in [5.74, 6) is 0.0902. The molecule has 1 aliphatic heterocycles. The average molecular weight is 170 g/mol. The van der Waals surface area contributed by atoms with Gasteiger partial charge in [0, 0.05) is 26.1 Å². The van der Waals surface area contributed by atoms with Crippen molar-refractivity contribution in [2.24, 2.45) is 0 Å². The van der Waals surface area contributed by atoms with E-state index in [0.717, 1.165) is 19.4 Å². The first-order chi connectivity index (χ1) is 5.74. The van der Waals surface area contributed by atoms with Crippen LogP contribution in [0, 0.1) is 0 Å². The second kappa shape index (κ2) is 4.09. The second-order valence-corrected chi connectivity index (χ2v) is 3.09. The molecule has 0 aliphatic carbocycles. The quantitative estimate of drug-likeness (QED) is 0.581. The van der Waals surface area contributed by atoms with Crippen LogP contribution in [-0.4, -0.2) is 36.3 Å². The van der Waals surface area contributed by atoms with E-state index in [9.17, 15) is 9.59 Å². The first-order valence-corrected chi connectivity index (χ1v) is 4.19. The molecule has 12 heavy (non-hydrogen) atoms. The monoisotopic (exact) mass is 170 g/mol. The zero-order valence-corrected chi connectivity index (χ0v) is 7.25. The van der Waals surface area contributed by atoms with Gasteiger partial charge in [0.1, 0.15) is 0 Å². The van der Waals surface area contributed by atoms with Gasteiger partial charge in [-0.3, -0.25) is 9.59 Å². The molecule has 0 radical (unpaired) electrons. The highest BCUT2D eigenvalue weighted by atomic mass is 16.2. The lowest BCUT2D eigenvalue weighted by atomic mass is 10.1. The Kier molecular flexibility index (Phi) is 3.08. The van der Waals surface area contributed by atoms with Crippen LogP contribution in [0.15, 0.2) is 0 Å². The Bertz CT molecular complexity index is 182. The summed E-state index contributed by atoms with van der Waals surface area (Å²) in [5.41, 5.74) is 0. The molecule has 0 aromatic heterocycles. The Balaban J connectivity index is 2.39. The fourth-order valence-corrected chi connectivity index (χ4v) is 1.50. The highest BCUT2D eigenvalue weighted by Crippen LogP contribution is 2.09. The van der Waals surface area contributed by atoms with Gasteiger partial charge in [-0.15, -0.1) is 0 Å². The molecule has 1 unspecified atom stereocenters. The van der Waals surface area contributed by atoms with Crippen molar-refractivity contribution in [1.82, 2.24) is 10.2 Å². The van der Waals surface area contributed by atoms with E-state index in [-0.39, 0.29) is 11.9 Å². The van der Waals surface area contributed by atoms with Gasteiger partial charge in [-0.25, -0.2) is 0 Å². The lowest BCUT2D eigenvalue weighted by Gasteiger charge is -2.31. The zero-order valence-electron chi connectivity index (χ0n) is 7.25. The van der Waals surface area contributed by atoms with Gasteiger partial charge in [-0.2, -0.15) is 0 Å².